The van der Waals surface area contributed by atoms with Crippen molar-refractivity contribution in [1.29, 1.82) is 0 Å². The van der Waals surface area contributed by atoms with Crippen LogP contribution in [0.4, 0.5) is 0 Å². The molecule has 0 aliphatic carbocycles. The number of hydrogen-bond acceptors (Lipinski definition) is 2. The fraction of sp³-hybridized carbons (Fsp3) is 0. The third-order valence-corrected chi connectivity index (χ3v) is 19.7. The summed E-state index contributed by atoms with van der Waals surface area (Å²) < 4.78 is 51.4. The topological polar surface area (TPSA) is 74.6 Å². The summed E-state index contributed by atoms with van der Waals surface area (Å²) in [6.07, 6.45) is 0. The molecule has 6 aromatic rings. The summed E-state index contributed by atoms with van der Waals surface area (Å²) in [5.74, 6) is 0. The quantitative estimate of drug-likeness (QED) is 0.265. The van der Waals surface area contributed by atoms with E-state index in [4.69, 9.17) is 0 Å². The molecule has 177 valence electrons. The zero-order valence-electron chi connectivity index (χ0n) is 19.2. The maximum absolute atomic E-state index is 14.2. The van der Waals surface area contributed by atoms with Crippen molar-refractivity contribution in [2.75, 3.05) is 0 Å². The molecule has 0 atom stereocenters. The van der Waals surface area contributed by atoms with Crippen LogP contribution in [-0.4, -0.2) is 15.0 Å². The molecule has 6 heteroatoms. The Morgan fingerprint density at radius 3 is 1.00 bits per heavy atom. The van der Waals surface area contributed by atoms with Crippen LogP contribution in [0, 0.1) is 0 Å². The molecule has 4 nitrogen and oxygen atoms in total. The zero-order valence-corrected chi connectivity index (χ0v) is 21.5. The molecule has 0 aliphatic heterocycles. The minimum absolute atomic E-state index is 0.434. The third-order valence-electron chi connectivity index (χ3n) is 7.03. The summed E-state index contributed by atoms with van der Waals surface area (Å²) in [6.45, 7) is -4.58. The molecule has 0 heterocycles. The maximum atomic E-state index is 14.2. The Morgan fingerprint density at radius 2 is 0.694 bits per heavy atom. The van der Waals surface area contributed by atoms with Gasteiger partial charge in [-0.1, -0.05) is 0 Å². The summed E-state index contributed by atoms with van der Waals surface area (Å²) in [5, 5.41) is 5.86. The van der Waals surface area contributed by atoms with Crippen LogP contribution in [-0.2, 0) is 19.5 Å². The van der Waals surface area contributed by atoms with Crippen molar-refractivity contribution in [3.05, 3.63) is 127 Å². The molecule has 0 radical (unpaired) electrons. The summed E-state index contributed by atoms with van der Waals surface area (Å²) >= 11 is -7.40. The molecule has 0 aliphatic rings. The van der Waals surface area contributed by atoms with Gasteiger partial charge in [0.1, 0.15) is 0 Å². The molecule has 36 heavy (non-hydrogen) atoms. The Bertz CT molecular complexity index is 1730. The van der Waals surface area contributed by atoms with Crippen molar-refractivity contribution in [2.45, 2.75) is 0 Å². The van der Waals surface area contributed by atoms with E-state index in [1.165, 1.54) is 0 Å². The van der Waals surface area contributed by atoms with Gasteiger partial charge in [-0.3, -0.25) is 0 Å². The van der Waals surface area contributed by atoms with E-state index in [1.54, 1.807) is 36.4 Å². The predicted molar refractivity (Wildman–Crippen MR) is 142 cm³/mol. The van der Waals surface area contributed by atoms with Gasteiger partial charge in [0, 0.05) is 0 Å². The van der Waals surface area contributed by atoms with Crippen molar-refractivity contribution >= 4 is 54.5 Å². The Balaban J connectivity index is 1.96. The van der Waals surface area contributed by atoms with Gasteiger partial charge in [0.05, 0.1) is 0 Å². The predicted octanol–water partition coefficient (Wildman–Crippen LogP) is 4.31. The van der Waals surface area contributed by atoms with Gasteiger partial charge in [-0.05, 0) is 0 Å². The van der Waals surface area contributed by atoms with Crippen LogP contribution < -0.4 is 15.6 Å². The van der Waals surface area contributed by atoms with Crippen LogP contribution in [0.1, 0.15) is 0 Å². The van der Waals surface area contributed by atoms with Crippen LogP contribution in [0.25, 0.3) is 32.3 Å². The first-order chi connectivity index (χ1) is 17.3. The average molecular weight is 528 g/mol. The molecule has 2 N–H and O–H groups in total. The second-order valence-electron chi connectivity index (χ2n) is 9.06. The molecular formula is C30H23CrO4Si. The van der Waals surface area contributed by atoms with Crippen LogP contribution >= 0.6 is 0 Å². The zero-order chi connectivity index (χ0) is 25.0. The monoisotopic (exact) mass is 527 g/mol. The Morgan fingerprint density at radius 1 is 0.417 bits per heavy atom. The van der Waals surface area contributed by atoms with Crippen LogP contribution in [0.2, 0.25) is 0 Å². The van der Waals surface area contributed by atoms with E-state index in [2.05, 4.69) is 0 Å². The molecule has 0 saturated carbocycles. The van der Waals surface area contributed by atoms with E-state index in [1.807, 2.05) is 91.0 Å². The van der Waals surface area contributed by atoms with Crippen molar-refractivity contribution in [3.63, 3.8) is 0 Å². The van der Waals surface area contributed by atoms with Crippen molar-refractivity contribution < 1.29 is 27.8 Å². The van der Waals surface area contributed by atoms with Gasteiger partial charge in [0.25, 0.3) is 0 Å². The van der Waals surface area contributed by atoms with E-state index in [9.17, 15) is 15.9 Å². The number of benzene rings is 6. The molecule has 0 unspecified atom stereocenters. The average Bonchev–Trinajstić information content (AvgIpc) is 2.88. The fourth-order valence-corrected chi connectivity index (χ4v) is 18.2. The SMILES string of the molecule is [O]=[Cr](=[O])([OH])([OH])[Si](c1cccc2ccccc12)(c1cccc2ccccc12)c1cccc2ccccc12. The first-order valence-electron chi connectivity index (χ1n) is 11.6. The van der Waals surface area contributed by atoms with Gasteiger partial charge in [-0.25, -0.2) is 0 Å². The molecular weight excluding hydrogens is 504 g/mol. The minimum atomic E-state index is -7.40. The molecule has 0 fully saturated rings. The van der Waals surface area contributed by atoms with Gasteiger partial charge >= 0.3 is 210 Å². The third kappa shape index (κ3) is 3.28. The van der Waals surface area contributed by atoms with Crippen LogP contribution in [0.3, 0.4) is 0 Å². The van der Waals surface area contributed by atoms with Crippen LogP contribution in [0.5, 0.6) is 0 Å². The second kappa shape index (κ2) is 7.94. The van der Waals surface area contributed by atoms with Gasteiger partial charge in [0.15, 0.2) is 0 Å². The molecule has 0 amide bonds. The standard InChI is InChI=1S/C30H21Si.Cr.2H2O.2O/c1-4-16-25-22(10-1)13-7-19-28(25)31(29-20-8-14-23-11-2-5-17-26(23)29)30-21-9-15-24-12-3-6-18-27(24)30;;;;;/h1-21H;;2*1H2;;/q;+2;;;;/p-2. The first kappa shape index (κ1) is 22.8. The molecule has 0 spiro atoms. The van der Waals surface area contributed by atoms with E-state index in [-0.39, 0.29) is 0 Å². The summed E-state index contributed by atoms with van der Waals surface area (Å²) in [6, 6.07) is 38.9. The molecule has 0 bridgehead atoms. The Kier molecular flexibility index (Phi) is 5.03. The first-order valence-corrected chi connectivity index (χ1v) is 17.6. The fourth-order valence-electron chi connectivity index (χ4n) is 5.60. The normalized spacial score (nSPS) is 13.6. The summed E-state index contributed by atoms with van der Waals surface area (Å²) in [4.78, 5) is 0. The van der Waals surface area contributed by atoms with Crippen molar-refractivity contribution in [1.82, 2.24) is 0 Å². The Hall–Kier alpha value is -3.63. The van der Waals surface area contributed by atoms with Gasteiger partial charge in [-0.2, -0.15) is 0 Å². The molecule has 0 aromatic heterocycles. The van der Waals surface area contributed by atoms with Gasteiger partial charge in [0.2, 0.25) is 0 Å². The van der Waals surface area contributed by atoms with Crippen LogP contribution in [0.15, 0.2) is 127 Å². The number of rotatable bonds is 4. The van der Waals surface area contributed by atoms with E-state index < -0.39 is 18.5 Å². The number of fused-ring (bicyclic) bond motifs is 3. The summed E-state index contributed by atoms with van der Waals surface area (Å²) in [5.41, 5.74) is 0. The molecule has 6 aromatic carbocycles. The molecule has 0 saturated heterocycles. The van der Waals surface area contributed by atoms with Gasteiger partial charge < -0.3 is 0 Å². The van der Waals surface area contributed by atoms with Gasteiger partial charge in [-0.15, -0.1) is 0 Å². The molecule has 6 rings (SSSR count). The Labute approximate surface area is 209 Å². The van der Waals surface area contributed by atoms with Crippen molar-refractivity contribution in [2.24, 2.45) is 0 Å². The summed E-state index contributed by atoms with van der Waals surface area (Å²) in [7, 11) is 0. The second-order valence-corrected chi connectivity index (χ2v) is 20.3. The van der Waals surface area contributed by atoms with E-state index in [0.29, 0.717) is 31.7 Å². The van der Waals surface area contributed by atoms with Crippen molar-refractivity contribution in [3.8, 4) is 0 Å². The van der Waals surface area contributed by atoms with E-state index in [0.717, 1.165) is 16.2 Å². The number of hydrogen-bond donors (Lipinski definition) is 2. The van der Waals surface area contributed by atoms with E-state index >= 15 is 0 Å².